The number of carboxylic acids is 1. The number of aliphatic carboxylic acids is 1. The monoisotopic (exact) mass is 447 g/mol. The number of rotatable bonds is 6. The second-order valence-electron chi connectivity index (χ2n) is 6.95. The Morgan fingerprint density at radius 1 is 1.23 bits per heavy atom. The molecule has 2 N–H and O–H groups in total. The highest BCUT2D eigenvalue weighted by Crippen LogP contribution is 2.41. The van der Waals surface area contributed by atoms with Gasteiger partial charge < -0.3 is 15.2 Å². The summed E-state index contributed by atoms with van der Waals surface area (Å²) in [6.45, 7) is 3.74. The van der Waals surface area contributed by atoms with E-state index in [0.29, 0.717) is 28.4 Å². The lowest BCUT2D eigenvalue weighted by atomic mass is 9.82. The van der Waals surface area contributed by atoms with Gasteiger partial charge in [0, 0.05) is 15.5 Å². The zero-order valence-electron chi connectivity index (χ0n) is 16.6. The first-order valence-corrected chi connectivity index (χ1v) is 10.8. The third-order valence-corrected chi connectivity index (χ3v) is 6.26. The molecule has 2 atom stereocenters. The van der Waals surface area contributed by atoms with Crippen molar-refractivity contribution in [2.24, 2.45) is 11.8 Å². The van der Waals surface area contributed by atoms with Crippen LogP contribution in [-0.4, -0.2) is 29.6 Å². The third kappa shape index (κ3) is 4.57. The molecule has 0 spiro atoms. The van der Waals surface area contributed by atoms with Gasteiger partial charge in [-0.1, -0.05) is 35.9 Å². The molecule has 1 aromatic heterocycles. The molecule has 0 bridgehead atoms. The van der Waals surface area contributed by atoms with Gasteiger partial charge in [0.1, 0.15) is 10.6 Å². The molecule has 0 saturated heterocycles. The molecule has 30 heavy (non-hydrogen) atoms. The van der Waals surface area contributed by atoms with E-state index in [4.69, 9.17) is 16.3 Å². The maximum atomic E-state index is 13.0. The summed E-state index contributed by atoms with van der Waals surface area (Å²) in [5.41, 5.74) is 1.64. The van der Waals surface area contributed by atoms with Crippen LogP contribution < -0.4 is 5.32 Å². The summed E-state index contributed by atoms with van der Waals surface area (Å²) in [7, 11) is 0. The average Bonchev–Trinajstić information content (AvgIpc) is 3.03. The zero-order valence-corrected chi connectivity index (χ0v) is 18.2. The Hall–Kier alpha value is -2.64. The maximum absolute atomic E-state index is 13.0. The molecule has 6 nitrogen and oxygen atoms in total. The van der Waals surface area contributed by atoms with Crippen molar-refractivity contribution in [2.75, 3.05) is 11.9 Å². The summed E-state index contributed by atoms with van der Waals surface area (Å²) in [4.78, 5) is 38.1. The average molecular weight is 448 g/mol. The molecule has 0 saturated carbocycles. The highest BCUT2D eigenvalue weighted by atomic mass is 35.5. The first-order valence-electron chi connectivity index (χ1n) is 9.58. The number of aryl methyl sites for hydroxylation is 1. The Kier molecular flexibility index (Phi) is 6.95. The molecule has 1 amide bonds. The lowest BCUT2D eigenvalue weighted by Crippen LogP contribution is -2.34. The van der Waals surface area contributed by atoms with Crippen LogP contribution in [0, 0.1) is 18.8 Å². The van der Waals surface area contributed by atoms with Crippen molar-refractivity contribution in [1.29, 1.82) is 0 Å². The summed E-state index contributed by atoms with van der Waals surface area (Å²) < 4.78 is 5.24. The van der Waals surface area contributed by atoms with E-state index in [0.717, 1.165) is 10.4 Å². The van der Waals surface area contributed by atoms with Crippen LogP contribution in [-0.2, 0) is 14.3 Å². The van der Waals surface area contributed by atoms with Crippen LogP contribution in [0.1, 0.15) is 35.0 Å². The first kappa shape index (κ1) is 22.1. The number of carbonyl (C=O) groups is 3. The van der Waals surface area contributed by atoms with E-state index < -0.39 is 29.7 Å². The number of amides is 1. The molecular weight excluding hydrogens is 426 g/mol. The van der Waals surface area contributed by atoms with Gasteiger partial charge in [0.25, 0.3) is 0 Å². The van der Waals surface area contributed by atoms with Gasteiger partial charge in [-0.25, -0.2) is 4.79 Å². The summed E-state index contributed by atoms with van der Waals surface area (Å²) in [5, 5.41) is 13.1. The Balaban J connectivity index is 2.01. The number of anilines is 1. The van der Waals surface area contributed by atoms with Crippen LogP contribution in [0.5, 0.6) is 0 Å². The highest BCUT2D eigenvalue weighted by molar-refractivity contribution is 7.17. The molecule has 0 aliphatic heterocycles. The van der Waals surface area contributed by atoms with Crippen LogP contribution in [0.15, 0.2) is 36.4 Å². The van der Waals surface area contributed by atoms with E-state index in [1.807, 2.05) is 19.1 Å². The third-order valence-electron chi connectivity index (χ3n) is 5.00. The maximum Gasteiger partial charge on any atom is 0.341 e. The fourth-order valence-electron chi connectivity index (χ4n) is 3.60. The normalized spacial score (nSPS) is 18.1. The molecule has 0 unspecified atom stereocenters. The van der Waals surface area contributed by atoms with Gasteiger partial charge in [0.15, 0.2) is 0 Å². The number of allylic oxidation sites excluding steroid dienone is 2. The van der Waals surface area contributed by atoms with Gasteiger partial charge in [-0.05, 0) is 44.4 Å². The van der Waals surface area contributed by atoms with Crippen molar-refractivity contribution >= 4 is 45.8 Å². The smallest absolute Gasteiger partial charge is 0.341 e. The van der Waals surface area contributed by atoms with Gasteiger partial charge in [-0.15, -0.1) is 11.3 Å². The van der Waals surface area contributed by atoms with E-state index in [9.17, 15) is 19.5 Å². The lowest BCUT2D eigenvalue weighted by Gasteiger charge is -2.24. The van der Waals surface area contributed by atoms with Crippen molar-refractivity contribution in [3.63, 3.8) is 0 Å². The van der Waals surface area contributed by atoms with E-state index in [1.54, 1.807) is 31.2 Å². The predicted octanol–water partition coefficient (Wildman–Crippen LogP) is 5.16. The summed E-state index contributed by atoms with van der Waals surface area (Å²) in [5.74, 6) is -3.48. The Morgan fingerprint density at radius 3 is 2.57 bits per heavy atom. The van der Waals surface area contributed by atoms with E-state index >= 15 is 0 Å². The minimum atomic E-state index is -1.01. The number of carbonyl (C=O) groups excluding carboxylic acids is 2. The number of halogens is 1. The second kappa shape index (κ2) is 9.45. The number of hydrogen-bond donors (Lipinski definition) is 2. The molecule has 0 radical (unpaired) electrons. The van der Waals surface area contributed by atoms with Crippen molar-refractivity contribution < 1.29 is 24.2 Å². The molecule has 8 heteroatoms. The quantitative estimate of drug-likeness (QED) is 0.471. The molecule has 3 rings (SSSR count). The molecular formula is C22H22ClNO5S. The van der Waals surface area contributed by atoms with Crippen LogP contribution in [0.3, 0.4) is 0 Å². The van der Waals surface area contributed by atoms with E-state index in [2.05, 4.69) is 5.32 Å². The van der Waals surface area contributed by atoms with Gasteiger partial charge >= 0.3 is 11.9 Å². The van der Waals surface area contributed by atoms with Gasteiger partial charge in [0.2, 0.25) is 5.91 Å². The standard InChI is InChI=1S/C22H22ClNO5S/c1-3-29-22(28)18-17(13-7-6-8-14(23)11-13)12(2)30-20(18)24-19(25)15-9-4-5-10-16(15)21(26)27/h4-8,11,15-16H,3,9-10H2,1-2H3,(H,24,25)(H,26,27)/t15-,16-/m0/s1. The molecule has 158 valence electrons. The number of thiophene rings is 1. The zero-order chi connectivity index (χ0) is 21.8. The van der Waals surface area contributed by atoms with Crippen LogP contribution in [0.4, 0.5) is 5.00 Å². The number of nitrogens with one attached hydrogen (secondary N) is 1. The molecule has 1 aromatic carbocycles. The minimum Gasteiger partial charge on any atom is -0.481 e. The lowest BCUT2D eigenvalue weighted by molar-refractivity contribution is -0.146. The van der Waals surface area contributed by atoms with Crippen molar-refractivity contribution in [2.45, 2.75) is 26.7 Å². The molecule has 2 aromatic rings. The number of esters is 1. The first-order chi connectivity index (χ1) is 14.3. The summed E-state index contributed by atoms with van der Waals surface area (Å²) in [6, 6.07) is 7.11. The van der Waals surface area contributed by atoms with Crippen LogP contribution >= 0.6 is 22.9 Å². The Morgan fingerprint density at radius 2 is 1.93 bits per heavy atom. The fraction of sp³-hybridized carbons (Fsp3) is 0.318. The Labute approximate surface area is 183 Å². The van der Waals surface area contributed by atoms with Crippen molar-refractivity contribution in [3.8, 4) is 11.1 Å². The predicted molar refractivity (Wildman–Crippen MR) is 117 cm³/mol. The summed E-state index contributed by atoms with van der Waals surface area (Å²) in [6.07, 6.45) is 4.23. The number of carboxylic acid groups (broad SMARTS) is 1. The SMILES string of the molecule is CCOC(=O)c1c(NC(=O)[C@H]2CC=CC[C@@H]2C(=O)O)sc(C)c1-c1cccc(Cl)c1. The molecule has 1 aliphatic carbocycles. The second-order valence-corrected chi connectivity index (χ2v) is 8.61. The topological polar surface area (TPSA) is 92.7 Å². The minimum absolute atomic E-state index is 0.185. The van der Waals surface area contributed by atoms with Crippen LogP contribution in [0.25, 0.3) is 11.1 Å². The number of benzene rings is 1. The largest absolute Gasteiger partial charge is 0.481 e. The highest BCUT2D eigenvalue weighted by Gasteiger charge is 2.35. The fourth-order valence-corrected chi connectivity index (χ4v) is 4.86. The summed E-state index contributed by atoms with van der Waals surface area (Å²) >= 11 is 7.39. The molecule has 1 aliphatic rings. The molecule has 0 fully saturated rings. The van der Waals surface area contributed by atoms with Crippen molar-refractivity contribution in [1.82, 2.24) is 0 Å². The number of hydrogen-bond acceptors (Lipinski definition) is 5. The van der Waals surface area contributed by atoms with E-state index in [-0.39, 0.29) is 12.2 Å². The number of ether oxygens (including phenoxy) is 1. The molecule has 1 heterocycles. The Bertz CT molecular complexity index is 1010. The van der Waals surface area contributed by atoms with Crippen LogP contribution in [0.2, 0.25) is 5.02 Å². The van der Waals surface area contributed by atoms with E-state index in [1.165, 1.54) is 11.3 Å². The van der Waals surface area contributed by atoms with Gasteiger partial charge in [-0.3, -0.25) is 9.59 Å². The van der Waals surface area contributed by atoms with Crippen molar-refractivity contribution in [3.05, 3.63) is 51.9 Å². The van der Waals surface area contributed by atoms with Gasteiger partial charge in [-0.2, -0.15) is 0 Å². The van der Waals surface area contributed by atoms with Gasteiger partial charge in [0.05, 0.1) is 18.4 Å².